The maximum Gasteiger partial charge on any atom is 0.335 e. The molecule has 1 heterocycles. The van der Waals surface area contributed by atoms with Crippen molar-refractivity contribution in [3.63, 3.8) is 0 Å². The fourth-order valence-corrected chi connectivity index (χ4v) is 2.33. The lowest BCUT2D eigenvalue weighted by Gasteiger charge is -2.29. The van der Waals surface area contributed by atoms with Crippen LogP contribution in [0.1, 0.15) is 28.9 Å². The van der Waals surface area contributed by atoms with Crippen molar-refractivity contribution in [1.29, 1.82) is 0 Å². The molecule has 2 atom stereocenters. The zero-order chi connectivity index (χ0) is 15.6. The number of carbonyl (C=O) groups is 3. The summed E-state index contributed by atoms with van der Waals surface area (Å²) in [4.78, 5) is 34.7. The molecule has 110 valence electrons. The molecule has 0 amide bonds. The Morgan fingerprint density at radius 1 is 1.24 bits per heavy atom. The second kappa shape index (κ2) is 5.78. The van der Waals surface area contributed by atoms with E-state index in [0.717, 1.165) is 0 Å². The van der Waals surface area contributed by atoms with Gasteiger partial charge in [-0.05, 0) is 24.6 Å². The van der Waals surface area contributed by atoms with E-state index in [0.29, 0.717) is 11.3 Å². The molecule has 0 saturated carbocycles. The molecule has 0 saturated heterocycles. The average Bonchev–Trinajstić information content (AvgIpc) is 2.45. The monoisotopic (exact) mass is 289 g/mol. The normalized spacial score (nSPS) is 21.2. The van der Waals surface area contributed by atoms with Crippen LogP contribution < -0.4 is 5.32 Å². The van der Waals surface area contributed by atoms with E-state index in [1.807, 2.05) is 0 Å². The van der Waals surface area contributed by atoms with E-state index in [2.05, 4.69) is 10.1 Å². The number of carboxylic acids is 1. The minimum Gasteiger partial charge on any atom is -0.478 e. The smallest absolute Gasteiger partial charge is 0.335 e. The first-order valence-corrected chi connectivity index (χ1v) is 6.34. The van der Waals surface area contributed by atoms with Crippen LogP contribution in [0.4, 0.5) is 0 Å². The number of hydrogen-bond donors (Lipinski definition) is 2. The van der Waals surface area contributed by atoms with Crippen LogP contribution in [-0.2, 0) is 14.3 Å². The molecule has 0 fully saturated rings. The lowest BCUT2D eigenvalue weighted by atomic mass is 9.86. The van der Waals surface area contributed by atoms with Crippen molar-refractivity contribution < 1.29 is 24.2 Å². The van der Waals surface area contributed by atoms with Crippen LogP contribution in [-0.4, -0.2) is 29.9 Å². The van der Waals surface area contributed by atoms with Gasteiger partial charge in [-0.25, -0.2) is 4.79 Å². The van der Waals surface area contributed by atoms with E-state index < -0.39 is 23.9 Å². The van der Waals surface area contributed by atoms with Crippen molar-refractivity contribution in [2.45, 2.75) is 13.0 Å². The summed E-state index contributed by atoms with van der Waals surface area (Å²) in [5, 5.41) is 12.0. The first-order chi connectivity index (χ1) is 9.93. The Morgan fingerprint density at radius 2 is 1.86 bits per heavy atom. The lowest BCUT2D eigenvalue weighted by molar-refractivity contribution is -0.149. The molecule has 0 aromatic heterocycles. The Kier molecular flexibility index (Phi) is 4.07. The highest BCUT2D eigenvalue weighted by Crippen LogP contribution is 2.29. The van der Waals surface area contributed by atoms with E-state index in [4.69, 9.17) is 5.11 Å². The predicted molar refractivity (Wildman–Crippen MR) is 73.5 cm³/mol. The number of ketones is 1. The molecular formula is C15H15NO5. The maximum absolute atomic E-state index is 12.1. The minimum atomic E-state index is -1.03. The van der Waals surface area contributed by atoms with Crippen LogP contribution >= 0.6 is 0 Å². The van der Waals surface area contributed by atoms with Crippen molar-refractivity contribution in [3.05, 3.63) is 47.2 Å². The second-order valence-electron chi connectivity index (χ2n) is 4.78. The second-order valence-corrected chi connectivity index (χ2v) is 4.78. The van der Waals surface area contributed by atoms with E-state index in [-0.39, 0.29) is 11.3 Å². The van der Waals surface area contributed by atoms with Gasteiger partial charge >= 0.3 is 11.9 Å². The van der Waals surface area contributed by atoms with Gasteiger partial charge in [-0.3, -0.25) is 9.59 Å². The zero-order valence-corrected chi connectivity index (χ0v) is 11.6. The fourth-order valence-electron chi connectivity index (χ4n) is 2.33. The predicted octanol–water partition coefficient (Wildman–Crippen LogP) is 1.29. The molecule has 2 rings (SSSR count). The molecule has 1 aromatic rings. The summed E-state index contributed by atoms with van der Waals surface area (Å²) < 4.78 is 4.69. The van der Waals surface area contributed by atoms with Gasteiger partial charge in [0.1, 0.15) is 5.92 Å². The molecular weight excluding hydrogens is 274 g/mol. The maximum atomic E-state index is 12.1. The standard InChI is InChI=1S/C15H15NO5/c1-8-7-11(17)12(15(20)21-2)13(16-8)9-3-5-10(6-4-9)14(18)19/h3-7,12-13,16H,1-2H3,(H,18,19)/t12-,13+/m0/s1. The molecule has 6 heteroatoms. The van der Waals surface area contributed by atoms with Gasteiger partial charge in [0.25, 0.3) is 0 Å². The highest BCUT2D eigenvalue weighted by atomic mass is 16.5. The third kappa shape index (κ3) is 2.94. The summed E-state index contributed by atoms with van der Waals surface area (Å²) in [7, 11) is 1.23. The van der Waals surface area contributed by atoms with E-state index in [9.17, 15) is 14.4 Å². The summed E-state index contributed by atoms with van der Waals surface area (Å²) in [6.07, 6.45) is 1.36. The third-order valence-corrected chi connectivity index (χ3v) is 3.35. The highest BCUT2D eigenvalue weighted by Gasteiger charge is 2.38. The van der Waals surface area contributed by atoms with Crippen molar-refractivity contribution in [3.8, 4) is 0 Å². The van der Waals surface area contributed by atoms with Gasteiger partial charge in [0, 0.05) is 11.8 Å². The van der Waals surface area contributed by atoms with E-state index >= 15 is 0 Å². The number of nitrogens with one attached hydrogen (secondary N) is 1. The van der Waals surface area contributed by atoms with Crippen LogP contribution in [0.25, 0.3) is 0 Å². The van der Waals surface area contributed by atoms with Crippen LogP contribution in [0, 0.1) is 5.92 Å². The molecule has 0 bridgehead atoms. The molecule has 21 heavy (non-hydrogen) atoms. The number of methoxy groups -OCH3 is 1. The van der Waals surface area contributed by atoms with Gasteiger partial charge in [0.05, 0.1) is 18.7 Å². The number of aromatic carboxylic acids is 1. The molecule has 0 radical (unpaired) electrons. The van der Waals surface area contributed by atoms with E-state index in [1.165, 1.54) is 25.3 Å². The van der Waals surface area contributed by atoms with Crippen LogP contribution in [0.15, 0.2) is 36.0 Å². The summed E-state index contributed by atoms with van der Waals surface area (Å²) in [5.41, 5.74) is 1.44. The summed E-state index contributed by atoms with van der Waals surface area (Å²) in [6, 6.07) is 5.47. The zero-order valence-electron chi connectivity index (χ0n) is 11.6. The molecule has 1 aromatic carbocycles. The van der Waals surface area contributed by atoms with Crippen molar-refractivity contribution in [1.82, 2.24) is 5.32 Å². The van der Waals surface area contributed by atoms with Gasteiger partial charge in [0.15, 0.2) is 5.78 Å². The van der Waals surface area contributed by atoms with Crippen LogP contribution in [0.2, 0.25) is 0 Å². The quantitative estimate of drug-likeness (QED) is 0.643. The topological polar surface area (TPSA) is 92.7 Å². The highest BCUT2D eigenvalue weighted by molar-refractivity contribution is 6.06. The first-order valence-electron chi connectivity index (χ1n) is 6.34. The molecule has 0 unspecified atom stereocenters. The Labute approximate surface area is 121 Å². The largest absolute Gasteiger partial charge is 0.478 e. The fraction of sp³-hybridized carbons (Fsp3) is 0.267. The molecule has 6 nitrogen and oxygen atoms in total. The summed E-state index contributed by atoms with van der Waals surface area (Å²) in [5.74, 6) is -2.96. The number of hydrogen-bond acceptors (Lipinski definition) is 5. The minimum absolute atomic E-state index is 0.141. The number of carboxylic acid groups (broad SMARTS) is 1. The SMILES string of the molecule is COC(=O)[C@H]1C(=O)C=C(C)N[C@@H]1c1ccc(C(=O)O)cc1. The number of ether oxygens (including phenoxy) is 1. The van der Waals surface area contributed by atoms with Gasteiger partial charge in [-0.1, -0.05) is 12.1 Å². The average molecular weight is 289 g/mol. The number of esters is 1. The van der Waals surface area contributed by atoms with Gasteiger partial charge in [-0.15, -0.1) is 0 Å². The molecule has 0 aliphatic carbocycles. The van der Waals surface area contributed by atoms with Crippen LogP contribution in [0.5, 0.6) is 0 Å². The lowest BCUT2D eigenvalue weighted by Crippen LogP contribution is -2.41. The molecule has 1 aliphatic heterocycles. The van der Waals surface area contributed by atoms with Gasteiger partial charge in [-0.2, -0.15) is 0 Å². The molecule has 1 aliphatic rings. The Balaban J connectivity index is 2.38. The Morgan fingerprint density at radius 3 is 2.38 bits per heavy atom. The van der Waals surface area contributed by atoms with Crippen molar-refractivity contribution >= 4 is 17.7 Å². The van der Waals surface area contributed by atoms with Crippen molar-refractivity contribution in [2.75, 3.05) is 7.11 Å². The Bertz CT molecular complexity index is 617. The summed E-state index contributed by atoms with van der Waals surface area (Å²) in [6.45, 7) is 1.73. The van der Waals surface area contributed by atoms with Gasteiger partial charge in [0.2, 0.25) is 0 Å². The van der Waals surface area contributed by atoms with Gasteiger partial charge < -0.3 is 15.2 Å². The number of carbonyl (C=O) groups excluding carboxylic acids is 2. The number of rotatable bonds is 3. The third-order valence-electron chi connectivity index (χ3n) is 3.35. The number of benzene rings is 1. The first kappa shape index (κ1) is 14.8. The number of allylic oxidation sites excluding steroid dienone is 2. The van der Waals surface area contributed by atoms with Crippen molar-refractivity contribution in [2.24, 2.45) is 5.92 Å². The Hall–Kier alpha value is -2.63. The molecule has 0 spiro atoms. The molecule has 2 N–H and O–H groups in total. The van der Waals surface area contributed by atoms with E-state index in [1.54, 1.807) is 19.1 Å². The van der Waals surface area contributed by atoms with Crippen LogP contribution in [0.3, 0.4) is 0 Å². The summed E-state index contributed by atoms with van der Waals surface area (Å²) >= 11 is 0.